The van der Waals surface area contributed by atoms with Gasteiger partial charge in [0.2, 0.25) is 0 Å². The van der Waals surface area contributed by atoms with Crippen LogP contribution in [-0.2, 0) is 0 Å². The van der Waals surface area contributed by atoms with E-state index in [1.807, 2.05) is 22.6 Å². The average Bonchev–Trinajstić information content (AvgIpc) is 2.76. The molecule has 0 spiro atoms. The molecule has 1 saturated heterocycles. The van der Waals surface area contributed by atoms with E-state index in [2.05, 4.69) is 0 Å². The van der Waals surface area contributed by atoms with Gasteiger partial charge in [-0.3, -0.25) is 4.79 Å². The van der Waals surface area contributed by atoms with Gasteiger partial charge in [-0.15, -0.1) is 0 Å². The first-order valence-electron chi connectivity index (χ1n) is 6.18. The van der Waals surface area contributed by atoms with E-state index in [-0.39, 0.29) is 18.6 Å². The van der Waals surface area contributed by atoms with Gasteiger partial charge in [-0.1, -0.05) is 0 Å². The molecule has 0 radical (unpaired) electrons. The van der Waals surface area contributed by atoms with E-state index in [1.54, 1.807) is 11.3 Å². The summed E-state index contributed by atoms with van der Waals surface area (Å²) in [5.41, 5.74) is 1.90. The Morgan fingerprint density at radius 2 is 2.35 bits per heavy atom. The maximum atomic E-state index is 12.4. The van der Waals surface area contributed by atoms with E-state index in [0.717, 1.165) is 36.9 Å². The van der Waals surface area contributed by atoms with Crippen LogP contribution in [0, 0.1) is 6.92 Å². The number of piperidine rings is 1. The quantitative estimate of drug-likeness (QED) is 0.898. The van der Waals surface area contributed by atoms with Crippen LogP contribution >= 0.6 is 11.3 Å². The minimum atomic E-state index is 0.141. The van der Waals surface area contributed by atoms with E-state index < -0.39 is 0 Å². The standard InChI is InChI=1S/C13H19NO2S/c1-10-8-17-9-12(10)13(16)14-6-3-2-4-11(14)5-7-15/h8-9,11,15H,2-7H2,1H3. The molecule has 1 unspecified atom stereocenters. The van der Waals surface area contributed by atoms with Crippen LogP contribution in [0.15, 0.2) is 10.8 Å². The summed E-state index contributed by atoms with van der Waals surface area (Å²) in [6.45, 7) is 2.98. The van der Waals surface area contributed by atoms with Crippen molar-refractivity contribution in [2.24, 2.45) is 0 Å². The van der Waals surface area contributed by atoms with Gasteiger partial charge in [-0.05, 0) is 43.6 Å². The van der Waals surface area contributed by atoms with Crippen LogP contribution in [0.4, 0.5) is 0 Å². The van der Waals surface area contributed by atoms with Gasteiger partial charge in [0.05, 0.1) is 5.56 Å². The zero-order valence-corrected chi connectivity index (χ0v) is 11.0. The van der Waals surface area contributed by atoms with Crippen molar-refractivity contribution < 1.29 is 9.90 Å². The summed E-state index contributed by atoms with van der Waals surface area (Å²) in [4.78, 5) is 14.4. The molecule has 1 aromatic rings. The Bertz CT molecular complexity index is 387. The summed E-state index contributed by atoms with van der Waals surface area (Å²) in [5, 5.41) is 13.0. The van der Waals surface area contributed by atoms with E-state index in [4.69, 9.17) is 5.11 Å². The van der Waals surface area contributed by atoms with Crippen molar-refractivity contribution in [1.82, 2.24) is 4.90 Å². The molecule has 0 aliphatic carbocycles. The topological polar surface area (TPSA) is 40.5 Å². The molecule has 4 heteroatoms. The molecule has 2 heterocycles. The minimum Gasteiger partial charge on any atom is -0.396 e. The molecular weight excluding hydrogens is 234 g/mol. The number of nitrogens with zero attached hydrogens (tertiary/aromatic N) is 1. The highest BCUT2D eigenvalue weighted by Crippen LogP contribution is 2.24. The molecule has 1 aromatic heterocycles. The molecule has 0 bridgehead atoms. The lowest BCUT2D eigenvalue weighted by Crippen LogP contribution is -2.44. The van der Waals surface area contributed by atoms with Gasteiger partial charge in [0.25, 0.3) is 5.91 Å². The average molecular weight is 253 g/mol. The van der Waals surface area contributed by atoms with Crippen molar-refractivity contribution in [3.63, 3.8) is 0 Å². The molecule has 0 aromatic carbocycles. The van der Waals surface area contributed by atoms with E-state index in [1.165, 1.54) is 0 Å². The molecule has 1 amide bonds. The van der Waals surface area contributed by atoms with Crippen LogP contribution in [0.25, 0.3) is 0 Å². The lowest BCUT2D eigenvalue weighted by Gasteiger charge is -2.35. The number of carbonyl (C=O) groups is 1. The molecule has 17 heavy (non-hydrogen) atoms. The molecular formula is C13H19NO2S. The van der Waals surface area contributed by atoms with Gasteiger partial charge in [0.15, 0.2) is 0 Å². The second-order valence-corrected chi connectivity index (χ2v) is 5.37. The van der Waals surface area contributed by atoms with Gasteiger partial charge in [-0.2, -0.15) is 11.3 Å². The molecule has 1 aliphatic heterocycles. The number of likely N-dealkylation sites (tertiary alicyclic amines) is 1. The third-order valence-corrected chi connectivity index (χ3v) is 4.30. The Morgan fingerprint density at radius 1 is 1.53 bits per heavy atom. The number of aryl methyl sites for hydroxylation is 1. The third kappa shape index (κ3) is 2.69. The number of hydrogen-bond donors (Lipinski definition) is 1. The summed E-state index contributed by atoms with van der Waals surface area (Å²) in [6, 6.07) is 0.223. The first-order chi connectivity index (χ1) is 8.24. The molecule has 2 rings (SSSR count). The van der Waals surface area contributed by atoms with Crippen molar-refractivity contribution in [3.05, 3.63) is 21.9 Å². The number of aliphatic hydroxyl groups is 1. The Balaban J connectivity index is 2.14. The van der Waals surface area contributed by atoms with Crippen LogP contribution in [-0.4, -0.2) is 35.1 Å². The fraction of sp³-hybridized carbons (Fsp3) is 0.615. The van der Waals surface area contributed by atoms with Crippen LogP contribution in [0.3, 0.4) is 0 Å². The van der Waals surface area contributed by atoms with Crippen molar-refractivity contribution >= 4 is 17.2 Å². The molecule has 1 aliphatic rings. The maximum absolute atomic E-state index is 12.4. The largest absolute Gasteiger partial charge is 0.396 e. The summed E-state index contributed by atoms with van der Waals surface area (Å²) < 4.78 is 0. The van der Waals surface area contributed by atoms with Gasteiger partial charge < -0.3 is 10.0 Å². The smallest absolute Gasteiger partial charge is 0.255 e. The third-order valence-electron chi connectivity index (χ3n) is 3.44. The highest BCUT2D eigenvalue weighted by molar-refractivity contribution is 7.08. The highest BCUT2D eigenvalue weighted by atomic mass is 32.1. The summed E-state index contributed by atoms with van der Waals surface area (Å²) in [5.74, 6) is 0.141. The monoisotopic (exact) mass is 253 g/mol. The maximum Gasteiger partial charge on any atom is 0.255 e. The van der Waals surface area contributed by atoms with E-state index in [0.29, 0.717) is 6.42 Å². The van der Waals surface area contributed by atoms with E-state index >= 15 is 0 Å². The summed E-state index contributed by atoms with van der Waals surface area (Å²) in [6.07, 6.45) is 3.97. The lowest BCUT2D eigenvalue weighted by atomic mass is 9.98. The minimum absolute atomic E-state index is 0.141. The van der Waals surface area contributed by atoms with Gasteiger partial charge >= 0.3 is 0 Å². The SMILES string of the molecule is Cc1cscc1C(=O)N1CCCCC1CCO. The Kier molecular flexibility index (Phi) is 4.18. The Morgan fingerprint density at radius 3 is 3.00 bits per heavy atom. The number of carbonyl (C=O) groups excluding carboxylic acids is 1. The lowest BCUT2D eigenvalue weighted by molar-refractivity contribution is 0.0574. The van der Waals surface area contributed by atoms with Crippen molar-refractivity contribution in [1.29, 1.82) is 0 Å². The zero-order chi connectivity index (χ0) is 12.3. The number of hydrogen-bond acceptors (Lipinski definition) is 3. The molecule has 1 fully saturated rings. The summed E-state index contributed by atoms with van der Waals surface area (Å²) in [7, 11) is 0. The van der Waals surface area contributed by atoms with Crippen LogP contribution in [0.5, 0.6) is 0 Å². The van der Waals surface area contributed by atoms with Crippen molar-refractivity contribution in [3.8, 4) is 0 Å². The van der Waals surface area contributed by atoms with Crippen molar-refractivity contribution in [2.45, 2.75) is 38.6 Å². The van der Waals surface area contributed by atoms with Gasteiger partial charge in [0.1, 0.15) is 0 Å². The Labute approximate surface area is 106 Å². The first-order valence-corrected chi connectivity index (χ1v) is 7.13. The van der Waals surface area contributed by atoms with Crippen LogP contribution in [0.2, 0.25) is 0 Å². The highest BCUT2D eigenvalue weighted by Gasteiger charge is 2.27. The second-order valence-electron chi connectivity index (χ2n) is 4.63. The predicted octanol–water partition coefficient (Wildman–Crippen LogP) is 2.43. The molecule has 0 saturated carbocycles. The summed E-state index contributed by atoms with van der Waals surface area (Å²) >= 11 is 1.58. The van der Waals surface area contributed by atoms with Gasteiger partial charge in [0, 0.05) is 24.6 Å². The van der Waals surface area contributed by atoms with Crippen molar-refractivity contribution in [2.75, 3.05) is 13.2 Å². The number of amides is 1. The normalized spacial score (nSPS) is 20.6. The number of thiophene rings is 1. The van der Waals surface area contributed by atoms with Crippen LogP contribution < -0.4 is 0 Å². The van der Waals surface area contributed by atoms with Crippen LogP contribution in [0.1, 0.15) is 41.6 Å². The number of aliphatic hydroxyl groups excluding tert-OH is 1. The van der Waals surface area contributed by atoms with Gasteiger partial charge in [-0.25, -0.2) is 0 Å². The number of rotatable bonds is 3. The fourth-order valence-electron chi connectivity index (χ4n) is 2.45. The zero-order valence-electron chi connectivity index (χ0n) is 10.2. The Hall–Kier alpha value is -0.870. The molecule has 3 nitrogen and oxygen atoms in total. The molecule has 94 valence electrons. The molecule has 1 atom stereocenters. The fourth-order valence-corrected chi connectivity index (χ4v) is 3.27. The molecule has 1 N–H and O–H groups in total. The predicted molar refractivity (Wildman–Crippen MR) is 69.4 cm³/mol. The first kappa shape index (κ1) is 12.6. The second kappa shape index (κ2) is 5.65. The van der Waals surface area contributed by atoms with E-state index in [9.17, 15) is 4.79 Å².